The van der Waals surface area contributed by atoms with Crippen molar-refractivity contribution >= 4 is 23.3 Å². The lowest BCUT2D eigenvalue weighted by molar-refractivity contribution is -0.165. The van der Waals surface area contributed by atoms with Gasteiger partial charge in [0.2, 0.25) is 0 Å². The fraction of sp³-hybridized carbons (Fsp3) is 0.805. The predicted molar refractivity (Wildman–Crippen MR) is 191 cm³/mol. The standard InChI is InChI=1S/C41H64O9/c1-23(2)28-19-30(42)26(5)12-10-11-24(3)18-31(43)37-29-17-25(4)13-14-34(45)39(7,47)16-15-35-40(8,48)22-33(50-35)36(29)27(6)20-41(37,21-32(28)44)38(46)49-9/h17,23-24,26,28-29,33-35,37,45,47-48H,10-16,18-22H2,1-9H3/t24-,26+,28-,29-,33-,34-,35+,37+,39+,40-,41+/m0/s1. The summed E-state index contributed by atoms with van der Waals surface area (Å²) in [5.41, 5.74) is -1.59. The number of carbonyl (C=O) groups excluding carboxylic acids is 4. The van der Waals surface area contributed by atoms with Crippen molar-refractivity contribution in [2.24, 2.45) is 40.9 Å². The molecule has 2 aliphatic carbocycles. The van der Waals surface area contributed by atoms with Gasteiger partial charge in [0.1, 0.15) is 17.3 Å². The van der Waals surface area contributed by atoms with E-state index in [-0.39, 0.29) is 80.0 Å². The highest BCUT2D eigenvalue weighted by Crippen LogP contribution is 2.56. The smallest absolute Gasteiger partial charge is 0.313 e. The largest absolute Gasteiger partial charge is 0.469 e. The van der Waals surface area contributed by atoms with Crippen LogP contribution in [0.4, 0.5) is 0 Å². The van der Waals surface area contributed by atoms with Gasteiger partial charge < -0.3 is 24.8 Å². The second kappa shape index (κ2) is 15.8. The van der Waals surface area contributed by atoms with Crippen LogP contribution in [0.15, 0.2) is 22.8 Å². The molecule has 2 aliphatic heterocycles. The summed E-state index contributed by atoms with van der Waals surface area (Å²) >= 11 is 0. The summed E-state index contributed by atoms with van der Waals surface area (Å²) in [6.45, 7) is 15.0. The van der Waals surface area contributed by atoms with Gasteiger partial charge in [-0.2, -0.15) is 0 Å². The second-order valence-corrected chi connectivity index (χ2v) is 17.5. The van der Waals surface area contributed by atoms with Crippen LogP contribution >= 0.6 is 0 Å². The van der Waals surface area contributed by atoms with Crippen LogP contribution in [0.3, 0.4) is 0 Å². The molecule has 2 bridgehead atoms. The third kappa shape index (κ3) is 8.53. The van der Waals surface area contributed by atoms with Gasteiger partial charge in [0.25, 0.3) is 0 Å². The molecule has 0 radical (unpaired) electrons. The number of aliphatic hydroxyl groups excluding tert-OH is 1. The number of aliphatic hydroxyl groups is 3. The summed E-state index contributed by atoms with van der Waals surface area (Å²) < 4.78 is 12.2. The van der Waals surface area contributed by atoms with Crippen LogP contribution in [0.25, 0.3) is 0 Å². The first kappa shape index (κ1) is 40.6. The summed E-state index contributed by atoms with van der Waals surface area (Å²) in [6, 6.07) is 0. The Hall–Kier alpha value is -2.20. The average molecular weight is 701 g/mol. The zero-order chi connectivity index (χ0) is 37.3. The van der Waals surface area contributed by atoms with Gasteiger partial charge >= 0.3 is 5.97 Å². The summed E-state index contributed by atoms with van der Waals surface area (Å²) in [4.78, 5) is 57.3. The molecule has 0 aromatic heterocycles. The Balaban J connectivity index is 1.97. The number of rotatable bonds is 2. The Morgan fingerprint density at radius 2 is 1.62 bits per heavy atom. The van der Waals surface area contributed by atoms with E-state index in [1.165, 1.54) is 7.11 Å². The normalized spacial score (nSPS) is 41.6. The molecule has 9 nitrogen and oxygen atoms in total. The number of hydrogen-bond acceptors (Lipinski definition) is 9. The van der Waals surface area contributed by atoms with Crippen molar-refractivity contribution in [3.63, 3.8) is 0 Å². The fourth-order valence-electron chi connectivity index (χ4n) is 9.53. The molecule has 0 amide bonds. The molecule has 2 heterocycles. The van der Waals surface area contributed by atoms with E-state index in [4.69, 9.17) is 9.47 Å². The topological polar surface area (TPSA) is 147 Å². The summed E-state index contributed by atoms with van der Waals surface area (Å²) in [6.07, 6.45) is 3.76. The number of methoxy groups -OCH3 is 1. The molecule has 2 fully saturated rings. The Labute approximate surface area is 299 Å². The maximum absolute atomic E-state index is 15.0. The minimum Gasteiger partial charge on any atom is -0.469 e. The molecular weight excluding hydrogens is 636 g/mol. The van der Waals surface area contributed by atoms with Gasteiger partial charge in [-0.1, -0.05) is 57.8 Å². The van der Waals surface area contributed by atoms with Crippen molar-refractivity contribution in [3.05, 3.63) is 22.8 Å². The molecule has 4 rings (SSSR count). The van der Waals surface area contributed by atoms with E-state index >= 15 is 0 Å². The zero-order valence-corrected chi connectivity index (χ0v) is 32.0. The minimum atomic E-state index is -1.51. The Bertz CT molecular complexity index is 1360. The van der Waals surface area contributed by atoms with E-state index in [0.29, 0.717) is 19.3 Å². The quantitative estimate of drug-likeness (QED) is 0.225. The van der Waals surface area contributed by atoms with Gasteiger partial charge in [-0.3, -0.25) is 19.2 Å². The number of fused-ring (bicyclic) bond motifs is 6. The number of carbonyl (C=O) groups is 4. The molecule has 282 valence electrons. The molecule has 1 saturated carbocycles. The first-order valence-corrected chi connectivity index (χ1v) is 19.1. The molecule has 1 saturated heterocycles. The minimum absolute atomic E-state index is 0.0114. The molecule has 0 aromatic rings. The first-order valence-electron chi connectivity index (χ1n) is 19.1. The molecule has 0 spiro atoms. The summed E-state index contributed by atoms with van der Waals surface area (Å²) in [5.74, 6) is -3.41. The fourth-order valence-corrected chi connectivity index (χ4v) is 9.53. The average Bonchev–Trinajstić information content (AvgIpc) is 3.32. The Kier molecular flexibility index (Phi) is 12.8. The SMILES string of the molecule is COC(=O)[C@]12CC(=O)[C@H](C(C)C)CC(=O)[C@H](C)CCC[C@H](C)CC(=O)[C@H]1[C@H]1C=C(C)CC[C@H](O)[C@](C)(O)CC[C@H]3O[C@@H](C[C@]3(C)O)C1=C(C)C2. The summed E-state index contributed by atoms with van der Waals surface area (Å²) in [5, 5.41) is 33.9. The van der Waals surface area contributed by atoms with Gasteiger partial charge in [0.15, 0.2) is 0 Å². The molecule has 50 heavy (non-hydrogen) atoms. The van der Waals surface area contributed by atoms with Crippen LogP contribution in [0.2, 0.25) is 0 Å². The van der Waals surface area contributed by atoms with Crippen molar-refractivity contribution in [2.45, 2.75) is 162 Å². The molecule has 0 unspecified atom stereocenters. The van der Waals surface area contributed by atoms with Crippen molar-refractivity contribution in [3.8, 4) is 0 Å². The van der Waals surface area contributed by atoms with E-state index in [9.17, 15) is 34.5 Å². The highest BCUT2D eigenvalue weighted by Gasteiger charge is 2.59. The number of ketones is 3. The van der Waals surface area contributed by atoms with E-state index in [2.05, 4.69) is 0 Å². The molecule has 3 N–H and O–H groups in total. The van der Waals surface area contributed by atoms with Crippen LogP contribution in [0.5, 0.6) is 0 Å². The van der Waals surface area contributed by atoms with Crippen LogP contribution in [0, 0.1) is 40.9 Å². The van der Waals surface area contributed by atoms with E-state index in [1.807, 2.05) is 47.6 Å². The third-order valence-electron chi connectivity index (χ3n) is 12.8. The molecule has 0 aromatic carbocycles. The zero-order valence-electron chi connectivity index (χ0n) is 32.0. The predicted octanol–water partition coefficient (Wildman–Crippen LogP) is 6.25. The monoisotopic (exact) mass is 700 g/mol. The number of ether oxygens (including phenoxy) is 2. The van der Waals surface area contributed by atoms with Gasteiger partial charge in [-0.05, 0) is 83.6 Å². The molecule has 9 heteroatoms. The lowest BCUT2D eigenvalue weighted by atomic mass is 9.54. The number of esters is 1. The van der Waals surface area contributed by atoms with Crippen molar-refractivity contribution < 1.29 is 44.0 Å². The second-order valence-electron chi connectivity index (χ2n) is 17.5. The van der Waals surface area contributed by atoms with Gasteiger partial charge in [-0.25, -0.2) is 0 Å². The van der Waals surface area contributed by atoms with Crippen LogP contribution in [0.1, 0.15) is 132 Å². The number of allylic oxidation sites excluding steroid dienone is 3. The maximum atomic E-state index is 15.0. The Morgan fingerprint density at radius 3 is 2.26 bits per heavy atom. The number of Topliss-reactive ketones (excluding diaryl/α,β-unsaturated/α-hetero) is 3. The maximum Gasteiger partial charge on any atom is 0.313 e. The van der Waals surface area contributed by atoms with E-state index in [1.54, 1.807) is 13.8 Å². The van der Waals surface area contributed by atoms with E-state index < -0.39 is 58.7 Å². The highest BCUT2D eigenvalue weighted by molar-refractivity contribution is 5.96. The first-order chi connectivity index (χ1) is 23.2. The van der Waals surface area contributed by atoms with E-state index in [0.717, 1.165) is 29.6 Å². The Morgan fingerprint density at radius 1 is 0.940 bits per heavy atom. The lowest BCUT2D eigenvalue weighted by Crippen LogP contribution is -2.53. The number of hydrogen-bond donors (Lipinski definition) is 3. The van der Waals surface area contributed by atoms with Crippen molar-refractivity contribution in [2.75, 3.05) is 7.11 Å². The molecular formula is C41H64O9. The van der Waals surface area contributed by atoms with Crippen LogP contribution in [-0.2, 0) is 28.7 Å². The van der Waals surface area contributed by atoms with Crippen molar-refractivity contribution in [1.82, 2.24) is 0 Å². The summed E-state index contributed by atoms with van der Waals surface area (Å²) in [7, 11) is 1.30. The molecule has 4 aliphatic rings. The van der Waals surface area contributed by atoms with Crippen molar-refractivity contribution in [1.29, 1.82) is 0 Å². The van der Waals surface area contributed by atoms with Gasteiger partial charge in [0, 0.05) is 49.4 Å². The molecule has 11 atom stereocenters. The van der Waals surface area contributed by atoms with Gasteiger partial charge in [0.05, 0.1) is 42.0 Å². The lowest BCUT2D eigenvalue weighted by Gasteiger charge is -2.47. The van der Waals surface area contributed by atoms with Gasteiger partial charge in [-0.15, -0.1) is 0 Å². The van der Waals surface area contributed by atoms with Crippen LogP contribution < -0.4 is 0 Å². The third-order valence-corrected chi connectivity index (χ3v) is 12.8. The highest BCUT2D eigenvalue weighted by atomic mass is 16.5. The van der Waals surface area contributed by atoms with Crippen LogP contribution in [-0.4, -0.2) is 75.3 Å².